The Labute approximate surface area is 166 Å². The maximum atomic E-state index is 12.4. The summed E-state index contributed by atoms with van der Waals surface area (Å²) in [7, 11) is 5.57. The fraction of sp³-hybridized carbons (Fsp3) is 0.304. The van der Waals surface area contributed by atoms with Crippen LogP contribution in [-0.2, 0) is 11.3 Å². The van der Waals surface area contributed by atoms with Crippen molar-refractivity contribution in [3.8, 4) is 5.75 Å². The van der Waals surface area contributed by atoms with Gasteiger partial charge in [-0.05, 0) is 68.4 Å². The van der Waals surface area contributed by atoms with Gasteiger partial charge < -0.3 is 14.5 Å². The summed E-state index contributed by atoms with van der Waals surface area (Å²) in [5.74, 6) is 0.747. The fourth-order valence-corrected chi connectivity index (χ4v) is 3.13. The molecule has 5 nitrogen and oxygen atoms in total. The molecule has 0 atom stereocenters. The number of aryl methyl sites for hydroxylation is 1. The quantitative estimate of drug-likeness (QED) is 0.398. The van der Waals surface area contributed by atoms with Crippen LogP contribution in [-0.4, -0.2) is 50.8 Å². The second kappa shape index (κ2) is 9.33. The highest BCUT2D eigenvalue weighted by atomic mass is 16.6. The molecule has 5 heteroatoms. The van der Waals surface area contributed by atoms with Gasteiger partial charge >= 0.3 is 0 Å². The molecule has 2 aromatic carbocycles. The van der Waals surface area contributed by atoms with Crippen molar-refractivity contribution in [3.63, 3.8) is 0 Å². The summed E-state index contributed by atoms with van der Waals surface area (Å²) in [4.78, 5) is 19.4. The van der Waals surface area contributed by atoms with E-state index in [4.69, 9.17) is 9.57 Å². The maximum absolute atomic E-state index is 12.4. The van der Waals surface area contributed by atoms with Gasteiger partial charge in [-0.3, -0.25) is 4.79 Å². The Morgan fingerprint density at radius 1 is 1.14 bits per heavy atom. The Kier molecular flexibility index (Phi) is 6.61. The van der Waals surface area contributed by atoms with Crippen LogP contribution in [0.25, 0.3) is 6.08 Å². The number of fused-ring (bicyclic) bond motifs is 1. The second-order valence-electron chi connectivity index (χ2n) is 7.01. The van der Waals surface area contributed by atoms with Crippen LogP contribution in [0.3, 0.4) is 0 Å². The molecule has 28 heavy (non-hydrogen) atoms. The number of hydrogen-bond donors (Lipinski definition) is 0. The van der Waals surface area contributed by atoms with E-state index in [9.17, 15) is 4.79 Å². The number of ketones is 1. The molecule has 0 amide bonds. The Balaban J connectivity index is 1.62. The molecule has 2 aromatic rings. The topological polar surface area (TPSA) is 51.1 Å². The van der Waals surface area contributed by atoms with Crippen LogP contribution >= 0.6 is 0 Å². The standard InChI is InChI=1S/C23H26N2O3/c1-25(2)14-15-28-20-9-6-18(7-10-20)23(26)13-5-17-4-11-21-19(16-17)8-12-22(21)24-27-3/h4-7,9-11,13,16H,8,12,14-15H2,1-3H3. The van der Waals surface area contributed by atoms with Crippen molar-refractivity contribution in [1.82, 2.24) is 4.90 Å². The number of oxime groups is 1. The summed E-state index contributed by atoms with van der Waals surface area (Å²) in [5.41, 5.74) is 5.01. The lowest BCUT2D eigenvalue weighted by molar-refractivity contribution is 0.104. The van der Waals surface area contributed by atoms with Crippen LogP contribution in [0.4, 0.5) is 0 Å². The molecule has 1 aliphatic rings. The van der Waals surface area contributed by atoms with Gasteiger partial charge in [0.15, 0.2) is 5.78 Å². The third-order valence-corrected chi connectivity index (χ3v) is 4.65. The van der Waals surface area contributed by atoms with Gasteiger partial charge in [0.25, 0.3) is 0 Å². The molecule has 0 bridgehead atoms. The molecule has 146 valence electrons. The van der Waals surface area contributed by atoms with Gasteiger partial charge in [-0.15, -0.1) is 0 Å². The molecular weight excluding hydrogens is 352 g/mol. The van der Waals surface area contributed by atoms with E-state index in [1.165, 1.54) is 5.56 Å². The number of carbonyl (C=O) groups excluding carboxylic acids is 1. The number of nitrogens with zero attached hydrogens (tertiary/aromatic N) is 2. The van der Waals surface area contributed by atoms with Crippen molar-refractivity contribution >= 4 is 17.6 Å². The summed E-state index contributed by atoms with van der Waals surface area (Å²) < 4.78 is 5.66. The fourth-order valence-electron chi connectivity index (χ4n) is 3.13. The average molecular weight is 378 g/mol. The molecular formula is C23H26N2O3. The third-order valence-electron chi connectivity index (χ3n) is 4.65. The van der Waals surface area contributed by atoms with Crippen LogP contribution < -0.4 is 4.74 Å². The van der Waals surface area contributed by atoms with Gasteiger partial charge in [0, 0.05) is 17.7 Å². The smallest absolute Gasteiger partial charge is 0.185 e. The number of hydrogen-bond acceptors (Lipinski definition) is 5. The summed E-state index contributed by atoms with van der Waals surface area (Å²) in [6.07, 6.45) is 5.30. The molecule has 0 radical (unpaired) electrons. The van der Waals surface area contributed by atoms with Crippen LogP contribution in [0.1, 0.15) is 33.5 Å². The van der Waals surface area contributed by atoms with Gasteiger partial charge in [0.2, 0.25) is 0 Å². The van der Waals surface area contributed by atoms with Crippen molar-refractivity contribution in [2.75, 3.05) is 34.4 Å². The average Bonchev–Trinajstić information content (AvgIpc) is 3.09. The Morgan fingerprint density at radius 2 is 1.93 bits per heavy atom. The molecule has 0 N–H and O–H groups in total. The number of likely N-dealkylation sites (N-methyl/N-ethyl adjacent to an activating group) is 1. The minimum Gasteiger partial charge on any atom is -0.492 e. The van der Waals surface area contributed by atoms with Crippen molar-refractivity contribution < 1.29 is 14.4 Å². The first-order valence-corrected chi connectivity index (χ1v) is 9.40. The molecule has 0 fully saturated rings. The van der Waals surface area contributed by atoms with Crippen molar-refractivity contribution in [3.05, 3.63) is 70.8 Å². The normalized spacial score (nSPS) is 14.6. The number of rotatable bonds is 8. The van der Waals surface area contributed by atoms with E-state index in [1.807, 2.05) is 44.4 Å². The molecule has 3 rings (SSSR count). The van der Waals surface area contributed by atoms with E-state index in [0.29, 0.717) is 12.2 Å². The molecule has 0 aromatic heterocycles. The van der Waals surface area contributed by atoms with E-state index in [-0.39, 0.29) is 5.78 Å². The third kappa shape index (κ3) is 5.08. The predicted molar refractivity (Wildman–Crippen MR) is 112 cm³/mol. The van der Waals surface area contributed by atoms with Crippen molar-refractivity contribution in [2.24, 2.45) is 5.16 Å². The number of allylic oxidation sites excluding steroid dienone is 1. The number of ether oxygens (including phenoxy) is 1. The minimum atomic E-state index is -0.0259. The lowest BCUT2D eigenvalue weighted by Crippen LogP contribution is -2.19. The Morgan fingerprint density at radius 3 is 2.64 bits per heavy atom. The van der Waals surface area contributed by atoms with E-state index >= 15 is 0 Å². The first-order valence-electron chi connectivity index (χ1n) is 9.40. The van der Waals surface area contributed by atoms with Gasteiger partial charge in [-0.1, -0.05) is 29.4 Å². The first-order chi connectivity index (χ1) is 13.6. The summed E-state index contributed by atoms with van der Waals surface area (Å²) >= 11 is 0. The predicted octanol–water partition coefficient (Wildman–Crippen LogP) is 3.82. The highest BCUT2D eigenvalue weighted by molar-refractivity contribution is 6.07. The molecule has 0 heterocycles. The Bertz CT molecular complexity index is 883. The summed E-state index contributed by atoms with van der Waals surface area (Å²) in [6.45, 7) is 1.47. The highest BCUT2D eigenvalue weighted by Crippen LogP contribution is 2.24. The lowest BCUT2D eigenvalue weighted by Gasteiger charge is -2.11. The van der Waals surface area contributed by atoms with Gasteiger partial charge in [-0.2, -0.15) is 0 Å². The maximum Gasteiger partial charge on any atom is 0.185 e. The summed E-state index contributed by atoms with van der Waals surface area (Å²) in [6, 6.07) is 13.4. The largest absolute Gasteiger partial charge is 0.492 e. The Hall–Kier alpha value is -2.92. The van der Waals surface area contributed by atoms with Crippen LogP contribution in [0.5, 0.6) is 5.75 Å². The lowest BCUT2D eigenvalue weighted by atomic mass is 10.0. The van der Waals surface area contributed by atoms with E-state index in [2.05, 4.69) is 16.1 Å². The van der Waals surface area contributed by atoms with E-state index in [0.717, 1.165) is 42.0 Å². The zero-order chi connectivity index (χ0) is 19.9. The molecule has 1 aliphatic carbocycles. The van der Waals surface area contributed by atoms with Crippen LogP contribution in [0.2, 0.25) is 0 Å². The van der Waals surface area contributed by atoms with Gasteiger partial charge in [0.1, 0.15) is 19.5 Å². The zero-order valence-electron chi connectivity index (χ0n) is 16.6. The highest BCUT2D eigenvalue weighted by Gasteiger charge is 2.18. The second-order valence-corrected chi connectivity index (χ2v) is 7.01. The van der Waals surface area contributed by atoms with E-state index < -0.39 is 0 Å². The van der Waals surface area contributed by atoms with Crippen LogP contribution in [0, 0.1) is 0 Å². The van der Waals surface area contributed by atoms with Gasteiger partial charge in [0.05, 0.1) is 5.71 Å². The van der Waals surface area contributed by atoms with E-state index in [1.54, 1.807) is 25.3 Å². The molecule has 0 spiro atoms. The monoisotopic (exact) mass is 378 g/mol. The number of carbonyl (C=O) groups is 1. The van der Waals surface area contributed by atoms with Crippen molar-refractivity contribution in [2.45, 2.75) is 12.8 Å². The first kappa shape index (κ1) is 19.8. The zero-order valence-corrected chi connectivity index (χ0v) is 16.6. The SMILES string of the molecule is CON=C1CCc2cc(C=CC(=O)c3ccc(OCCN(C)C)cc3)ccc21. The van der Waals surface area contributed by atoms with Crippen LogP contribution in [0.15, 0.2) is 53.7 Å². The molecule has 0 saturated heterocycles. The molecule has 0 saturated carbocycles. The minimum absolute atomic E-state index is 0.0259. The van der Waals surface area contributed by atoms with Crippen molar-refractivity contribution in [1.29, 1.82) is 0 Å². The van der Waals surface area contributed by atoms with Gasteiger partial charge in [-0.25, -0.2) is 0 Å². The number of benzene rings is 2. The molecule has 0 unspecified atom stereocenters. The summed E-state index contributed by atoms with van der Waals surface area (Å²) in [5, 5.41) is 4.07. The molecule has 0 aliphatic heterocycles.